The molecular weight excluding hydrogens is 128 g/mol. The van der Waals surface area contributed by atoms with Gasteiger partial charge in [-0.1, -0.05) is 6.92 Å². The molecule has 3 nitrogen and oxygen atoms in total. The molecule has 0 spiro atoms. The van der Waals surface area contributed by atoms with Crippen LogP contribution < -0.4 is 4.74 Å². The standard InChI is InChI=1S/C7H12N2O/c1-3-4-10-7-5-8-9(2)6-7/h5-6H,3-4H2,1-2H3. The summed E-state index contributed by atoms with van der Waals surface area (Å²) < 4.78 is 7.02. The highest BCUT2D eigenvalue weighted by Crippen LogP contribution is 2.06. The van der Waals surface area contributed by atoms with Crippen molar-refractivity contribution in [2.24, 2.45) is 7.05 Å². The van der Waals surface area contributed by atoms with Gasteiger partial charge < -0.3 is 4.74 Å². The van der Waals surface area contributed by atoms with Crippen LogP contribution in [0, 0.1) is 0 Å². The van der Waals surface area contributed by atoms with Crippen molar-refractivity contribution in [3.63, 3.8) is 0 Å². The first-order chi connectivity index (χ1) is 4.83. The summed E-state index contributed by atoms with van der Waals surface area (Å²) in [7, 11) is 1.87. The largest absolute Gasteiger partial charge is 0.490 e. The topological polar surface area (TPSA) is 27.1 Å². The Hall–Kier alpha value is -0.990. The summed E-state index contributed by atoms with van der Waals surface area (Å²) in [6.45, 7) is 2.85. The first kappa shape index (κ1) is 7.12. The Bertz CT molecular complexity index is 195. The van der Waals surface area contributed by atoms with Gasteiger partial charge in [-0.25, -0.2) is 0 Å². The normalized spacial score (nSPS) is 9.80. The van der Waals surface area contributed by atoms with Gasteiger partial charge >= 0.3 is 0 Å². The van der Waals surface area contributed by atoms with Crippen LogP contribution in [0.25, 0.3) is 0 Å². The highest BCUT2D eigenvalue weighted by atomic mass is 16.5. The van der Waals surface area contributed by atoms with E-state index in [4.69, 9.17) is 4.74 Å². The molecule has 0 aliphatic heterocycles. The first-order valence-corrected chi connectivity index (χ1v) is 3.44. The molecule has 0 saturated carbocycles. The Balaban J connectivity index is 2.42. The molecule has 0 N–H and O–H groups in total. The number of ether oxygens (including phenoxy) is 1. The number of nitrogens with zero attached hydrogens (tertiary/aromatic N) is 2. The molecule has 3 heteroatoms. The molecule has 0 atom stereocenters. The predicted octanol–water partition coefficient (Wildman–Crippen LogP) is 1.21. The molecule has 0 bridgehead atoms. The minimum absolute atomic E-state index is 0.770. The molecule has 10 heavy (non-hydrogen) atoms. The molecule has 0 aliphatic carbocycles. The predicted molar refractivity (Wildman–Crippen MR) is 39.0 cm³/mol. The Morgan fingerprint density at radius 2 is 2.50 bits per heavy atom. The smallest absolute Gasteiger partial charge is 0.157 e. The molecule has 0 aliphatic rings. The molecule has 1 rings (SSSR count). The molecule has 1 aromatic heterocycles. The van der Waals surface area contributed by atoms with Gasteiger partial charge in [0.15, 0.2) is 5.75 Å². The lowest BCUT2D eigenvalue weighted by molar-refractivity contribution is 0.317. The van der Waals surface area contributed by atoms with Crippen LogP contribution in [0.1, 0.15) is 13.3 Å². The van der Waals surface area contributed by atoms with Crippen LogP contribution in [0.4, 0.5) is 0 Å². The highest BCUT2D eigenvalue weighted by Gasteiger charge is 1.93. The van der Waals surface area contributed by atoms with Gasteiger partial charge in [-0.2, -0.15) is 5.10 Å². The maximum absolute atomic E-state index is 5.29. The monoisotopic (exact) mass is 140 g/mol. The Morgan fingerprint density at radius 1 is 1.70 bits per heavy atom. The van der Waals surface area contributed by atoms with Crippen molar-refractivity contribution in [2.45, 2.75) is 13.3 Å². The average molecular weight is 140 g/mol. The first-order valence-electron chi connectivity index (χ1n) is 3.44. The average Bonchev–Trinajstić information content (AvgIpc) is 2.31. The van der Waals surface area contributed by atoms with Crippen LogP contribution >= 0.6 is 0 Å². The van der Waals surface area contributed by atoms with E-state index in [-0.39, 0.29) is 0 Å². The molecule has 0 fully saturated rings. The number of hydrogen-bond donors (Lipinski definition) is 0. The zero-order chi connectivity index (χ0) is 7.40. The van der Waals surface area contributed by atoms with Crippen LogP contribution in [0.5, 0.6) is 5.75 Å². The zero-order valence-corrected chi connectivity index (χ0v) is 6.37. The fourth-order valence-corrected chi connectivity index (χ4v) is 0.693. The fourth-order valence-electron chi connectivity index (χ4n) is 0.693. The van der Waals surface area contributed by atoms with Crippen molar-refractivity contribution in [2.75, 3.05) is 6.61 Å². The fraction of sp³-hybridized carbons (Fsp3) is 0.571. The molecule has 1 aromatic rings. The second-order valence-electron chi connectivity index (χ2n) is 2.20. The minimum atomic E-state index is 0.770. The maximum atomic E-state index is 5.29. The Labute approximate surface area is 60.6 Å². The summed E-state index contributed by atoms with van der Waals surface area (Å²) in [6.07, 6.45) is 4.61. The van der Waals surface area contributed by atoms with Gasteiger partial charge in [0.05, 0.1) is 19.0 Å². The van der Waals surface area contributed by atoms with E-state index in [9.17, 15) is 0 Å². The summed E-state index contributed by atoms with van der Waals surface area (Å²) in [4.78, 5) is 0. The number of aryl methyl sites for hydroxylation is 1. The zero-order valence-electron chi connectivity index (χ0n) is 6.37. The second-order valence-corrected chi connectivity index (χ2v) is 2.20. The molecular formula is C7H12N2O. The summed E-state index contributed by atoms with van der Waals surface area (Å²) in [5, 5.41) is 3.96. The van der Waals surface area contributed by atoms with Gasteiger partial charge in [-0.15, -0.1) is 0 Å². The van der Waals surface area contributed by atoms with Crippen LogP contribution in [0.15, 0.2) is 12.4 Å². The van der Waals surface area contributed by atoms with E-state index in [2.05, 4.69) is 12.0 Å². The number of hydrogen-bond acceptors (Lipinski definition) is 2. The summed E-state index contributed by atoms with van der Waals surface area (Å²) in [5.41, 5.74) is 0. The minimum Gasteiger partial charge on any atom is -0.490 e. The second kappa shape index (κ2) is 3.25. The van der Waals surface area contributed by atoms with Crippen LogP contribution in [0.2, 0.25) is 0 Å². The van der Waals surface area contributed by atoms with Gasteiger partial charge in [-0.05, 0) is 6.42 Å². The Kier molecular flexibility index (Phi) is 2.31. The summed E-state index contributed by atoms with van der Waals surface area (Å²) in [5.74, 6) is 0.851. The summed E-state index contributed by atoms with van der Waals surface area (Å²) >= 11 is 0. The quantitative estimate of drug-likeness (QED) is 0.631. The van der Waals surface area contributed by atoms with Crippen molar-refractivity contribution in [3.8, 4) is 5.75 Å². The van der Waals surface area contributed by atoms with Crippen LogP contribution in [0.3, 0.4) is 0 Å². The molecule has 0 aromatic carbocycles. The van der Waals surface area contributed by atoms with Crippen molar-refractivity contribution < 1.29 is 4.74 Å². The third-order valence-electron chi connectivity index (χ3n) is 1.15. The van der Waals surface area contributed by atoms with Gasteiger partial charge in [0.2, 0.25) is 0 Å². The van der Waals surface area contributed by atoms with Gasteiger partial charge in [0.1, 0.15) is 0 Å². The van der Waals surface area contributed by atoms with E-state index in [1.807, 2.05) is 13.2 Å². The Morgan fingerprint density at radius 3 is 3.00 bits per heavy atom. The molecule has 0 saturated heterocycles. The van der Waals surface area contributed by atoms with E-state index < -0.39 is 0 Å². The van der Waals surface area contributed by atoms with E-state index >= 15 is 0 Å². The van der Waals surface area contributed by atoms with E-state index in [1.54, 1.807) is 10.9 Å². The maximum Gasteiger partial charge on any atom is 0.157 e. The lowest BCUT2D eigenvalue weighted by atomic mass is 10.5. The van der Waals surface area contributed by atoms with Crippen molar-refractivity contribution in [1.29, 1.82) is 0 Å². The van der Waals surface area contributed by atoms with Gasteiger partial charge in [-0.3, -0.25) is 4.68 Å². The SMILES string of the molecule is CCCOc1cnn(C)c1. The van der Waals surface area contributed by atoms with Gasteiger partial charge in [0, 0.05) is 7.05 Å². The molecule has 0 radical (unpaired) electrons. The molecule has 0 amide bonds. The molecule has 0 unspecified atom stereocenters. The lowest BCUT2D eigenvalue weighted by Crippen LogP contribution is -1.93. The number of rotatable bonds is 3. The molecule has 1 heterocycles. The van der Waals surface area contributed by atoms with E-state index in [0.29, 0.717) is 0 Å². The summed E-state index contributed by atoms with van der Waals surface area (Å²) in [6, 6.07) is 0. The van der Waals surface area contributed by atoms with Crippen molar-refractivity contribution in [1.82, 2.24) is 9.78 Å². The van der Waals surface area contributed by atoms with E-state index in [1.165, 1.54) is 0 Å². The van der Waals surface area contributed by atoms with Crippen molar-refractivity contribution in [3.05, 3.63) is 12.4 Å². The number of aromatic nitrogens is 2. The van der Waals surface area contributed by atoms with Crippen LogP contribution in [-0.4, -0.2) is 16.4 Å². The van der Waals surface area contributed by atoms with Crippen LogP contribution in [-0.2, 0) is 7.05 Å². The third-order valence-corrected chi connectivity index (χ3v) is 1.15. The van der Waals surface area contributed by atoms with E-state index in [0.717, 1.165) is 18.8 Å². The van der Waals surface area contributed by atoms with Gasteiger partial charge in [0.25, 0.3) is 0 Å². The highest BCUT2D eigenvalue weighted by molar-refractivity contribution is 5.10. The third kappa shape index (κ3) is 1.76. The van der Waals surface area contributed by atoms with Crippen molar-refractivity contribution >= 4 is 0 Å². The molecule has 56 valence electrons. The lowest BCUT2D eigenvalue weighted by Gasteiger charge is -1.97.